The molecule has 0 bridgehead atoms. The second kappa shape index (κ2) is 7.01. The van der Waals surface area contributed by atoms with Gasteiger partial charge in [-0.3, -0.25) is 5.32 Å². The molecule has 0 spiro atoms. The van der Waals surface area contributed by atoms with Gasteiger partial charge in [-0.15, -0.1) is 0 Å². The van der Waals surface area contributed by atoms with E-state index in [-0.39, 0.29) is 5.41 Å². The van der Waals surface area contributed by atoms with Crippen LogP contribution in [0.1, 0.15) is 40.2 Å². The van der Waals surface area contributed by atoms with E-state index in [0.717, 1.165) is 23.4 Å². The molecule has 22 heavy (non-hydrogen) atoms. The topological polar surface area (TPSA) is 73.6 Å². The van der Waals surface area contributed by atoms with Crippen LogP contribution >= 0.6 is 0 Å². The fourth-order valence-electron chi connectivity index (χ4n) is 1.97. The van der Waals surface area contributed by atoms with E-state index in [1.54, 1.807) is 7.11 Å². The summed E-state index contributed by atoms with van der Waals surface area (Å²) in [7, 11) is 1.62. The van der Waals surface area contributed by atoms with Crippen LogP contribution in [0, 0.1) is 5.41 Å². The number of ether oxygens (including phenoxy) is 2. The van der Waals surface area contributed by atoms with Gasteiger partial charge in [0.2, 0.25) is 0 Å². The molecule has 0 saturated heterocycles. The monoisotopic (exact) mass is 308 g/mol. The van der Waals surface area contributed by atoms with Gasteiger partial charge in [-0.1, -0.05) is 13.8 Å². The number of nitrogens with two attached hydrogens (primary N) is 1. The van der Waals surface area contributed by atoms with Gasteiger partial charge >= 0.3 is 6.09 Å². The Hall–Kier alpha value is -1.75. The number of carbonyl (C=O) groups is 1. The molecule has 3 N–H and O–H groups in total. The largest absolute Gasteiger partial charge is 0.497 e. The summed E-state index contributed by atoms with van der Waals surface area (Å²) in [4.78, 5) is 12.0. The summed E-state index contributed by atoms with van der Waals surface area (Å²) in [6.07, 6.45) is 0.260. The van der Waals surface area contributed by atoms with Gasteiger partial charge < -0.3 is 15.2 Å². The number of amides is 1. The molecule has 0 aliphatic carbocycles. The van der Waals surface area contributed by atoms with Gasteiger partial charge in [-0.25, -0.2) is 4.79 Å². The van der Waals surface area contributed by atoms with Crippen molar-refractivity contribution in [3.63, 3.8) is 0 Å². The van der Waals surface area contributed by atoms with Crippen molar-refractivity contribution in [2.75, 3.05) is 19.0 Å². The molecule has 0 aliphatic heterocycles. The second-order valence-electron chi connectivity index (χ2n) is 7.20. The average Bonchev–Trinajstić information content (AvgIpc) is 2.38. The van der Waals surface area contributed by atoms with Crippen LogP contribution in [0.25, 0.3) is 0 Å². The summed E-state index contributed by atoms with van der Waals surface area (Å²) >= 11 is 0. The molecule has 124 valence electrons. The number of anilines is 1. The molecule has 5 nitrogen and oxygen atoms in total. The smallest absolute Gasteiger partial charge is 0.412 e. The maximum absolute atomic E-state index is 12.0. The maximum atomic E-state index is 12.0. The molecule has 0 aromatic heterocycles. The van der Waals surface area contributed by atoms with Crippen molar-refractivity contribution in [2.45, 2.75) is 46.6 Å². The molecular formula is C17H28N2O3. The molecular weight excluding hydrogens is 280 g/mol. The summed E-state index contributed by atoms with van der Waals surface area (Å²) in [6.45, 7) is 10.2. The van der Waals surface area contributed by atoms with Gasteiger partial charge in [0.25, 0.3) is 0 Å². The van der Waals surface area contributed by atoms with Crippen LogP contribution in [-0.2, 0) is 11.2 Å². The first-order chi connectivity index (χ1) is 10.1. The number of hydrogen-bond acceptors (Lipinski definition) is 4. The summed E-state index contributed by atoms with van der Waals surface area (Å²) in [5, 5.41) is 2.81. The molecule has 1 amide bonds. The number of benzene rings is 1. The van der Waals surface area contributed by atoms with Crippen LogP contribution in [-0.4, -0.2) is 25.3 Å². The highest BCUT2D eigenvalue weighted by Gasteiger charge is 2.21. The number of methoxy groups -OCH3 is 1. The van der Waals surface area contributed by atoms with Crippen molar-refractivity contribution < 1.29 is 14.3 Å². The Morgan fingerprint density at radius 1 is 1.23 bits per heavy atom. The summed E-state index contributed by atoms with van der Waals surface area (Å²) < 4.78 is 10.6. The van der Waals surface area contributed by atoms with E-state index in [1.807, 2.05) is 39.0 Å². The minimum absolute atomic E-state index is 0.0727. The first kappa shape index (κ1) is 18.3. The Morgan fingerprint density at radius 3 is 2.36 bits per heavy atom. The van der Waals surface area contributed by atoms with Crippen molar-refractivity contribution in [2.24, 2.45) is 11.1 Å². The highest BCUT2D eigenvalue weighted by Crippen LogP contribution is 2.29. The standard InChI is InChI=1S/C17H28N2O3/c1-16(2,3)22-15(20)19-14-8-7-13(21-6)9-12(14)10-17(4,5)11-18/h7-9H,10-11,18H2,1-6H3,(H,19,20). The van der Waals surface area contributed by atoms with Crippen molar-refractivity contribution in [3.05, 3.63) is 23.8 Å². The fraction of sp³-hybridized carbons (Fsp3) is 0.588. The first-order valence-corrected chi connectivity index (χ1v) is 7.43. The lowest BCUT2D eigenvalue weighted by Gasteiger charge is -2.25. The fourth-order valence-corrected chi connectivity index (χ4v) is 1.97. The second-order valence-corrected chi connectivity index (χ2v) is 7.20. The maximum Gasteiger partial charge on any atom is 0.412 e. The molecule has 5 heteroatoms. The van der Waals surface area contributed by atoms with Crippen LogP contribution in [0.3, 0.4) is 0 Å². The molecule has 1 aromatic carbocycles. The van der Waals surface area contributed by atoms with Crippen molar-refractivity contribution in [1.82, 2.24) is 0 Å². The van der Waals surface area contributed by atoms with E-state index < -0.39 is 11.7 Å². The zero-order valence-electron chi connectivity index (χ0n) is 14.4. The highest BCUT2D eigenvalue weighted by molar-refractivity contribution is 5.86. The molecule has 1 aromatic rings. The third-order valence-corrected chi connectivity index (χ3v) is 3.17. The molecule has 1 rings (SSSR count). The normalized spacial score (nSPS) is 12.0. The third kappa shape index (κ3) is 5.93. The minimum atomic E-state index is -0.534. The number of carbonyl (C=O) groups excluding carboxylic acids is 1. The third-order valence-electron chi connectivity index (χ3n) is 3.17. The predicted octanol–water partition coefficient (Wildman–Crippen LogP) is 3.57. The van der Waals surface area contributed by atoms with E-state index in [9.17, 15) is 4.79 Å². The van der Waals surface area contributed by atoms with E-state index >= 15 is 0 Å². The Balaban J connectivity index is 3.00. The van der Waals surface area contributed by atoms with Crippen molar-refractivity contribution in [3.8, 4) is 5.75 Å². The Morgan fingerprint density at radius 2 is 1.86 bits per heavy atom. The van der Waals surface area contributed by atoms with Crippen LogP contribution in [0.2, 0.25) is 0 Å². The lowest BCUT2D eigenvalue weighted by atomic mass is 9.85. The van der Waals surface area contributed by atoms with Gasteiger partial charge in [0.1, 0.15) is 11.4 Å². The Bertz CT molecular complexity index is 519. The van der Waals surface area contributed by atoms with E-state index in [4.69, 9.17) is 15.2 Å². The summed E-state index contributed by atoms with van der Waals surface area (Å²) in [5.74, 6) is 0.748. The molecule has 0 saturated carbocycles. The first-order valence-electron chi connectivity index (χ1n) is 7.43. The van der Waals surface area contributed by atoms with Gasteiger partial charge in [0, 0.05) is 5.69 Å². The van der Waals surface area contributed by atoms with Crippen molar-refractivity contribution in [1.29, 1.82) is 0 Å². The zero-order chi connectivity index (χ0) is 17.0. The molecule has 0 unspecified atom stereocenters. The Labute approximate surface area is 133 Å². The average molecular weight is 308 g/mol. The van der Waals surface area contributed by atoms with Crippen LogP contribution < -0.4 is 15.8 Å². The van der Waals surface area contributed by atoms with Gasteiger partial charge in [0.05, 0.1) is 7.11 Å². The molecule has 0 radical (unpaired) electrons. The SMILES string of the molecule is COc1ccc(NC(=O)OC(C)(C)C)c(CC(C)(C)CN)c1. The van der Waals surface area contributed by atoms with Crippen molar-refractivity contribution >= 4 is 11.8 Å². The summed E-state index contributed by atoms with van der Waals surface area (Å²) in [5.41, 5.74) is 6.90. The Kier molecular flexibility index (Phi) is 5.83. The van der Waals surface area contributed by atoms with Crippen LogP contribution in [0.5, 0.6) is 5.75 Å². The number of nitrogens with one attached hydrogen (secondary N) is 1. The molecule has 0 aliphatic rings. The quantitative estimate of drug-likeness (QED) is 0.872. The van der Waals surface area contributed by atoms with Crippen LogP contribution in [0.4, 0.5) is 10.5 Å². The lowest BCUT2D eigenvalue weighted by molar-refractivity contribution is 0.0635. The van der Waals surface area contributed by atoms with E-state index in [0.29, 0.717) is 6.54 Å². The zero-order valence-corrected chi connectivity index (χ0v) is 14.4. The van der Waals surface area contributed by atoms with Gasteiger partial charge in [-0.05, 0) is 62.9 Å². The van der Waals surface area contributed by atoms with Gasteiger partial charge in [0.15, 0.2) is 0 Å². The minimum Gasteiger partial charge on any atom is -0.497 e. The lowest BCUT2D eigenvalue weighted by Crippen LogP contribution is -2.29. The summed E-state index contributed by atoms with van der Waals surface area (Å²) in [6, 6.07) is 5.56. The number of rotatable bonds is 5. The van der Waals surface area contributed by atoms with E-state index in [1.165, 1.54) is 0 Å². The van der Waals surface area contributed by atoms with E-state index in [2.05, 4.69) is 19.2 Å². The number of hydrogen-bond donors (Lipinski definition) is 2. The highest BCUT2D eigenvalue weighted by atomic mass is 16.6. The van der Waals surface area contributed by atoms with Crippen LogP contribution in [0.15, 0.2) is 18.2 Å². The molecule has 0 atom stereocenters. The predicted molar refractivity (Wildman–Crippen MR) is 89.4 cm³/mol. The molecule has 0 fully saturated rings. The molecule has 0 heterocycles. The van der Waals surface area contributed by atoms with Gasteiger partial charge in [-0.2, -0.15) is 0 Å².